The third kappa shape index (κ3) is 4.52. The van der Waals surface area contributed by atoms with Gasteiger partial charge in [0.25, 0.3) is 0 Å². The van der Waals surface area contributed by atoms with Crippen LogP contribution >= 0.6 is 0 Å². The first-order chi connectivity index (χ1) is 12.7. The fourth-order valence-corrected chi connectivity index (χ4v) is 2.69. The van der Waals surface area contributed by atoms with Crippen molar-refractivity contribution in [1.82, 2.24) is 20.1 Å². The molecule has 0 fully saturated rings. The summed E-state index contributed by atoms with van der Waals surface area (Å²) < 4.78 is 18.7. The van der Waals surface area contributed by atoms with E-state index < -0.39 is 11.8 Å². The van der Waals surface area contributed by atoms with Crippen molar-refractivity contribution in [3.63, 3.8) is 0 Å². The Kier molecular flexibility index (Phi) is 5.70. The number of halogens is 1. The van der Waals surface area contributed by atoms with Crippen LogP contribution in [0.5, 0.6) is 0 Å². The normalized spacial score (nSPS) is 10.9. The Morgan fingerprint density at radius 3 is 2.58 bits per heavy atom. The van der Waals surface area contributed by atoms with E-state index in [9.17, 15) is 9.18 Å². The average Bonchev–Trinajstić information content (AvgIpc) is 3.15. The first-order valence-electron chi connectivity index (χ1n) is 8.13. The van der Waals surface area contributed by atoms with Gasteiger partial charge in [0, 0.05) is 37.7 Å². The van der Waals surface area contributed by atoms with Gasteiger partial charge < -0.3 is 4.74 Å². The van der Waals surface area contributed by atoms with Gasteiger partial charge in [-0.15, -0.1) is 0 Å². The first-order valence-corrected chi connectivity index (χ1v) is 8.13. The molecule has 2 heterocycles. The Balaban J connectivity index is 1.78. The summed E-state index contributed by atoms with van der Waals surface area (Å²) in [6.45, 7) is 1.77. The second kappa shape index (κ2) is 8.35. The van der Waals surface area contributed by atoms with E-state index in [2.05, 4.69) is 24.8 Å². The highest BCUT2D eigenvalue weighted by Gasteiger charge is 2.16. The quantitative estimate of drug-likeness (QED) is 0.661. The summed E-state index contributed by atoms with van der Waals surface area (Å²) in [5.41, 5.74) is 2.47. The highest BCUT2D eigenvalue weighted by atomic mass is 19.1. The smallest absolute Gasteiger partial charge is 0.359 e. The number of benzene rings is 1. The lowest BCUT2D eigenvalue weighted by atomic mass is 10.1. The molecule has 0 saturated carbocycles. The Labute approximate surface area is 150 Å². The van der Waals surface area contributed by atoms with Gasteiger partial charge in [0.05, 0.1) is 7.11 Å². The first kappa shape index (κ1) is 17.8. The molecule has 6 nitrogen and oxygen atoms in total. The van der Waals surface area contributed by atoms with Gasteiger partial charge in [-0.2, -0.15) is 5.10 Å². The SMILES string of the molecule is COC(=O)c1ncc(CN(Cc2ccccc2)Cc2ccn[nH]2)cc1F. The van der Waals surface area contributed by atoms with Gasteiger partial charge in [-0.3, -0.25) is 10.00 Å². The number of aromatic amines is 1. The molecule has 0 aliphatic heterocycles. The maximum atomic E-state index is 14.1. The molecular weight excluding hydrogens is 335 g/mol. The lowest BCUT2D eigenvalue weighted by Crippen LogP contribution is -2.23. The van der Waals surface area contributed by atoms with Crippen LogP contribution in [0.25, 0.3) is 0 Å². The molecule has 7 heteroatoms. The Morgan fingerprint density at radius 1 is 1.15 bits per heavy atom. The van der Waals surface area contributed by atoms with Gasteiger partial charge >= 0.3 is 5.97 Å². The van der Waals surface area contributed by atoms with Crippen LogP contribution in [0.15, 0.2) is 54.9 Å². The molecule has 0 bridgehead atoms. The molecule has 0 aliphatic rings. The summed E-state index contributed by atoms with van der Waals surface area (Å²) in [4.78, 5) is 17.5. The predicted octanol–water partition coefficient (Wildman–Crippen LogP) is 2.93. The largest absolute Gasteiger partial charge is 0.464 e. The number of hydrogen-bond acceptors (Lipinski definition) is 5. The van der Waals surface area contributed by atoms with Crippen LogP contribution in [0.1, 0.15) is 27.3 Å². The fourth-order valence-electron chi connectivity index (χ4n) is 2.69. The maximum Gasteiger partial charge on any atom is 0.359 e. The number of methoxy groups -OCH3 is 1. The Bertz CT molecular complexity index is 853. The van der Waals surface area contributed by atoms with Crippen molar-refractivity contribution < 1.29 is 13.9 Å². The van der Waals surface area contributed by atoms with Crippen LogP contribution in [-0.2, 0) is 24.4 Å². The van der Waals surface area contributed by atoms with Gasteiger partial charge in [-0.1, -0.05) is 30.3 Å². The summed E-state index contributed by atoms with van der Waals surface area (Å²) in [5.74, 6) is -1.47. The molecule has 0 amide bonds. The maximum absolute atomic E-state index is 14.1. The van der Waals surface area contributed by atoms with Crippen molar-refractivity contribution in [2.75, 3.05) is 7.11 Å². The number of carbonyl (C=O) groups is 1. The summed E-state index contributed by atoms with van der Waals surface area (Å²) in [5, 5.41) is 6.91. The standard InChI is InChI=1S/C19H19FN4O2/c1-26-19(25)18-17(20)9-15(10-21-18)12-24(13-16-7-8-22-23-16)11-14-5-3-2-4-6-14/h2-10H,11-13H2,1H3,(H,22,23). The third-order valence-electron chi connectivity index (χ3n) is 3.88. The zero-order valence-corrected chi connectivity index (χ0v) is 14.4. The number of aromatic nitrogens is 3. The van der Waals surface area contributed by atoms with Crippen LogP contribution in [0.3, 0.4) is 0 Å². The molecule has 1 N–H and O–H groups in total. The van der Waals surface area contributed by atoms with Gasteiger partial charge in [0.15, 0.2) is 11.5 Å². The third-order valence-corrected chi connectivity index (χ3v) is 3.88. The number of H-pyrrole nitrogens is 1. The molecule has 26 heavy (non-hydrogen) atoms. The topological polar surface area (TPSA) is 71.1 Å². The van der Waals surface area contributed by atoms with Crippen molar-refractivity contribution in [2.45, 2.75) is 19.6 Å². The number of rotatable bonds is 7. The van der Waals surface area contributed by atoms with Crippen LogP contribution < -0.4 is 0 Å². The number of nitrogens with zero attached hydrogens (tertiary/aromatic N) is 3. The molecule has 3 rings (SSSR count). The van der Waals surface area contributed by atoms with Crippen molar-refractivity contribution in [3.8, 4) is 0 Å². The molecule has 0 atom stereocenters. The van der Waals surface area contributed by atoms with E-state index in [1.165, 1.54) is 19.4 Å². The highest BCUT2D eigenvalue weighted by Crippen LogP contribution is 2.15. The molecule has 2 aromatic heterocycles. The lowest BCUT2D eigenvalue weighted by Gasteiger charge is -2.22. The molecule has 0 saturated heterocycles. The lowest BCUT2D eigenvalue weighted by molar-refractivity contribution is 0.0588. The fraction of sp³-hybridized carbons (Fsp3) is 0.211. The van der Waals surface area contributed by atoms with Gasteiger partial charge in [-0.25, -0.2) is 14.2 Å². The Morgan fingerprint density at radius 2 is 1.92 bits per heavy atom. The van der Waals surface area contributed by atoms with Crippen LogP contribution in [-0.4, -0.2) is 33.2 Å². The molecule has 1 aromatic carbocycles. The number of pyridine rings is 1. The number of ether oxygens (including phenoxy) is 1. The van der Waals surface area contributed by atoms with E-state index in [1.807, 2.05) is 36.4 Å². The minimum atomic E-state index is -0.785. The van der Waals surface area contributed by atoms with Crippen LogP contribution in [0.4, 0.5) is 4.39 Å². The molecular formula is C19H19FN4O2. The minimum absolute atomic E-state index is 0.306. The van der Waals surface area contributed by atoms with Crippen molar-refractivity contribution in [1.29, 1.82) is 0 Å². The van der Waals surface area contributed by atoms with Gasteiger partial charge in [0.1, 0.15) is 0 Å². The predicted molar refractivity (Wildman–Crippen MR) is 93.5 cm³/mol. The number of hydrogen-bond donors (Lipinski definition) is 1. The number of esters is 1. The summed E-state index contributed by atoms with van der Waals surface area (Å²) in [6, 6.07) is 13.2. The average molecular weight is 354 g/mol. The van der Waals surface area contributed by atoms with Crippen molar-refractivity contribution in [3.05, 3.63) is 83.2 Å². The molecule has 0 unspecified atom stereocenters. The van der Waals surface area contributed by atoms with E-state index in [-0.39, 0.29) is 5.69 Å². The summed E-state index contributed by atoms with van der Waals surface area (Å²) >= 11 is 0. The molecule has 3 aromatic rings. The second-order valence-corrected chi connectivity index (χ2v) is 5.88. The van der Waals surface area contributed by atoms with E-state index in [0.717, 1.165) is 11.3 Å². The van der Waals surface area contributed by atoms with Crippen molar-refractivity contribution >= 4 is 5.97 Å². The zero-order valence-electron chi connectivity index (χ0n) is 14.4. The summed E-state index contributed by atoms with van der Waals surface area (Å²) in [6.07, 6.45) is 3.20. The van der Waals surface area contributed by atoms with E-state index in [0.29, 0.717) is 25.2 Å². The molecule has 0 radical (unpaired) electrons. The summed E-state index contributed by atoms with van der Waals surface area (Å²) in [7, 11) is 1.20. The molecule has 134 valence electrons. The van der Waals surface area contributed by atoms with Gasteiger partial charge in [0.2, 0.25) is 0 Å². The highest BCUT2D eigenvalue weighted by molar-refractivity contribution is 5.87. The monoisotopic (exact) mass is 354 g/mol. The molecule has 0 spiro atoms. The van der Waals surface area contributed by atoms with Gasteiger partial charge in [-0.05, 0) is 23.3 Å². The number of carbonyl (C=O) groups excluding carboxylic acids is 1. The zero-order chi connectivity index (χ0) is 18.4. The van der Waals surface area contributed by atoms with E-state index in [1.54, 1.807) is 6.20 Å². The van der Waals surface area contributed by atoms with Crippen molar-refractivity contribution in [2.24, 2.45) is 0 Å². The van der Waals surface area contributed by atoms with Crippen LogP contribution in [0, 0.1) is 5.82 Å². The van der Waals surface area contributed by atoms with E-state index in [4.69, 9.17) is 0 Å². The minimum Gasteiger partial charge on any atom is -0.464 e. The Hall–Kier alpha value is -3.06. The second-order valence-electron chi connectivity index (χ2n) is 5.88. The van der Waals surface area contributed by atoms with Crippen LogP contribution in [0.2, 0.25) is 0 Å². The number of nitrogens with one attached hydrogen (secondary N) is 1. The van der Waals surface area contributed by atoms with E-state index >= 15 is 0 Å². The molecule has 0 aliphatic carbocycles.